The molecule has 3 fully saturated rings. The Morgan fingerprint density at radius 3 is 1.21 bits per heavy atom. The van der Waals surface area contributed by atoms with Crippen molar-refractivity contribution in [1.82, 2.24) is 52.3 Å². The third kappa shape index (κ3) is 18.5. The number of amides is 11. The second kappa shape index (κ2) is 30.2. The zero-order valence-electron chi connectivity index (χ0n) is 47.6. The van der Waals surface area contributed by atoms with Crippen LogP contribution in [0, 0.1) is 17.8 Å². The summed E-state index contributed by atoms with van der Waals surface area (Å²) in [5, 5.41) is 41.6. The maximum Gasteiger partial charge on any atom is 0.305 e. The van der Waals surface area contributed by atoms with E-state index in [2.05, 4.69) is 42.5 Å². The molecular formula is C57H81N11O14. The van der Waals surface area contributed by atoms with Gasteiger partial charge in [0.15, 0.2) is 0 Å². The second-order valence-corrected chi connectivity index (χ2v) is 22.6. The van der Waals surface area contributed by atoms with Crippen LogP contribution in [0.1, 0.15) is 111 Å². The van der Waals surface area contributed by atoms with Gasteiger partial charge in [-0.1, -0.05) is 102 Å². The van der Waals surface area contributed by atoms with Gasteiger partial charge < -0.3 is 68.3 Å². The van der Waals surface area contributed by atoms with Crippen molar-refractivity contribution in [2.45, 2.75) is 179 Å². The molecule has 3 aliphatic rings. The number of carboxylic acids is 1. The summed E-state index contributed by atoms with van der Waals surface area (Å²) in [5.74, 6) is -12.7. The van der Waals surface area contributed by atoms with Crippen LogP contribution in [0.3, 0.4) is 0 Å². The number of nitrogens with zero attached hydrogens (tertiary/aromatic N) is 2. The van der Waals surface area contributed by atoms with Crippen LogP contribution in [0.2, 0.25) is 0 Å². The molecule has 0 radical (unpaired) electrons. The van der Waals surface area contributed by atoms with Crippen molar-refractivity contribution in [3.8, 4) is 0 Å². The number of carboxylic acid groups (broad SMARTS) is 1. The number of hydrogen-bond acceptors (Lipinski definition) is 13. The molecule has 0 unspecified atom stereocenters. The fourth-order valence-electron chi connectivity index (χ4n) is 10.4. The van der Waals surface area contributed by atoms with Crippen LogP contribution in [0.15, 0.2) is 60.7 Å². The molecule has 3 heterocycles. The molecule has 0 bridgehead atoms. The molecule has 0 aliphatic carbocycles. The number of benzene rings is 2. The van der Waals surface area contributed by atoms with E-state index < -0.39 is 156 Å². The van der Waals surface area contributed by atoms with E-state index in [-0.39, 0.29) is 69.9 Å². The Balaban J connectivity index is 1.59. The van der Waals surface area contributed by atoms with Gasteiger partial charge in [0.25, 0.3) is 0 Å². The van der Waals surface area contributed by atoms with E-state index in [4.69, 9.17) is 5.73 Å². The fourth-order valence-corrected chi connectivity index (χ4v) is 10.4. The van der Waals surface area contributed by atoms with E-state index in [0.29, 0.717) is 17.5 Å². The van der Waals surface area contributed by atoms with Gasteiger partial charge in [0.2, 0.25) is 65.0 Å². The van der Waals surface area contributed by atoms with Gasteiger partial charge in [-0.2, -0.15) is 0 Å². The lowest BCUT2D eigenvalue weighted by atomic mass is 9.99. The minimum atomic E-state index is -1.89. The van der Waals surface area contributed by atoms with Crippen LogP contribution in [0.4, 0.5) is 0 Å². The summed E-state index contributed by atoms with van der Waals surface area (Å²) < 4.78 is 0. The van der Waals surface area contributed by atoms with Crippen LogP contribution < -0.4 is 48.3 Å². The number of fused-ring (bicyclic) bond motifs is 2. The third-order valence-corrected chi connectivity index (χ3v) is 14.5. The zero-order chi connectivity index (χ0) is 60.5. The first-order chi connectivity index (χ1) is 38.7. The minimum absolute atomic E-state index is 0.00809. The van der Waals surface area contributed by atoms with Gasteiger partial charge in [0, 0.05) is 25.9 Å². The highest BCUT2D eigenvalue weighted by Crippen LogP contribution is 2.23. The first kappa shape index (κ1) is 64.9. The molecule has 448 valence electrons. The Labute approximate surface area is 477 Å². The molecule has 2 aromatic carbocycles. The Hall–Kier alpha value is -7.96. The lowest BCUT2D eigenvalue weighted by molar-refractivity contribution is -0.144. The normalized spacial score (nSPS) is 26.8. The SMILES string of the molecule is CC(C)C[C@@H]1NC(=O)[C@H](CC(=O)O)NC(=O)[C@H]([C@@H](C)O)NC(=O)[C@@H]2CCCN2C(=O)[C@@H](Cc2ccccc2)NC(=O)[C@H](CC(C)C)NC(=O)[C@H](CC(N)=O)NC(=O)[C@H](C(C)C)NC(=O)[C@@H]2CCCN2C(=O)[C@@H](Cc2ccccc2)NC1=O. The summed E-state index contributed by atoms with van der Waals surface area (Å²) in [7, 11) is 0. The topological polar surface area (TPSA) is 374 Å². The maximum atomic E-state index is 14.8. The summed E-state index contributed by atoms with van der Waals surface area (Å²) in [4.78, 5) is 171. The van der Waals surface area contributed by atoms with Crippen molar-refractivity contribution in [2.24, 2.45) is 23.5 Å². The molecule has 0 aromatic heterocycles. The molecule has 11 atom stereocenters. The molecule has 0 spiro atoms. The molecule has 25 heteroatoms. The summed E-state index contributed by atoms with van der Waals surface area (Å²) in [5.41, 5.74) is 6.81. The summed E-state index contributed by atoms with van der Waals surface area (Å²) in [6.45, 7) is 11.5. The first-order valence-electron chi connectivity index (χ1n) is 28.0. The average molecular weight is 1140 g/mol. The minimum Gasteiger partial charge on any atom is -0.481 e. The van der Waals surface area contributed by atoms with Gasteiger partial charge in [-0.3, -0.25) is 57.5 Å². The van der Waals surface area contributed by atoms with Crippen molar-refractivity contribution < 1.29 is 67.7 Å². The monoisotopic (exact) mass is 1140 g/mol. The number of hydrogen-bond donors (Lipinski definition) is 11. The molecule has 3 aliphatic heterocycles. The van der Waals surface area contributed by atoms with Crippen LogP contribution >= 0.6 is 0 Å². The molecule has 0 saturated carbocycles. The van der Waals surface area contributed by atoms with Crippen molar-refractivity contribution in [3.63, 3.8) is 0 Å². The van der Waals surface area contributed by atoms with Crippen LogP contribution in [0.25, 0.3) is 0 Å². The number of rotatable bonds is 14. The number of nitrogens with one attached hydrogen (secondary N) is 8. The van der Waals surface area contributed by atoms with E-state index in [1.54, 1.807) is 102 Å². The highest BCUT2D eigenvalue weighted by Gasteiger charge is 2.44. The van der Waals surface area contributed by atoms with Crippen LogP contribution in [-0.2, 0) is 70.4 Å². The molecule has 25 nitrogen and oxygen atoms in total. The quantitative estimate of drug-likeness (QED) is 0.106. The molecule has 3 saturated heterocycles. The fraction of sp³-hybridized carbons (Fsp3) is 0.579. The number of aliphatic hydroxyl groups is 1. The largest absolute Gasteiger partial charge is 0.481 e. The third-order valence-electron chi connectivity index (χ3n) is 14.5. The van der Waals surface area contributed by atoms with E-state index in [1.165, 1.54) is 9.80 Å². The molecule has 12 N–H and O–H groups in total. The molecule has 5 rings (SSSR count). The van der Waals surface area contributed by atoms with Crippen LogP contribution in [0.5, 0.6) is 0 Å². The predicted molar refractivity (Wildman–Crippen MR) is 297 cm³/mol. The summed E-state index contributed by atoms with van der Waals surface area (Å²) in [6.07, 6.45) is -2.85. The number of aliphatic hydroxyl groups excluding tert-OH is 1. The zero-order valence-corrected chi connectivity index (χ0v) is 47.6. The molecule has 2 aromatic rings. The van der Waals surface area contributed by atoms with Crippen molar-refractivity contribution in [1.29, 1.82) is 0 Å². The van der Waals surface area contributed by atoms with E-state index in [9.17, 15) is 67.7 Å². The first-order valence-corrected chi connectivity index (χ1v) is 28.0. The number of primary amides is 1. The van der Waals surface area contributed by atoms with Crippen molar-refractivity contribution in [3.05, 3.63) is 71.8 Å². The Morgan fingerprint density at radius 2 is 0.841 bits per heavy atom. The van der Waals surface area contributed by atoms with Gasteiger partial charge in [0.1, 0.15) is 60.4 Å². The van der Waals surface area contributed by atoms with Crippen LogP contribution in [-0.4, -0.2) is 171 Å². The second-order valence-electron chi connectivity index (χ2n) is 22.6. The van der Waals surface area contributed by atoms with Crippen molar-refractivity contribution in [2.75, 3.05) is 13.1 Å². The van der Waals surface area contributed by atoms with E-state index in [0.717, 1.165) is 6.92 Å². The lowest BCUT2D eigenvalue weighted by Gasteiger charge is -2.32. The average Bonchev–Trinajstić information content (AvgIpc) is 4.24. The van der Waals surface area contributed by atoms with Gasteiger partial charge in [-0.05, 0) is 74.3 Å². The van der Waals surface area contributed by atoms with E-state index >= 15 is 0 Å². The maximum absolute atomic E-state index is 14.8. The lowest BCUT2D eigenvalue weighted by Crippen LogP contribution is -2.63. The molecule has 11 amide bonds. The Kier molecular flexibility index (Phi) is 23.9. The molecular weight excluding hydrogens is 1060 g/mol. The highest BCUT2D eigenvalue weighted by atomic mass is 16.4. The Morgan fingerprint density at radius 1 is 0.488 bits per heavy atom. The summed E-state index contributed by atoms with van der Waals surface area (Å²) >= 11 is 0. The summed E-state index contributed by atoms with van der Waals surface area (Å²) in [6, 6.07) is 2.44. The predicted octanol–water partition coefficient (Wildman–Crippen LogP) is -1.18. The standard InChI is InChI=1S/C57H81N11O14/c1-30(2)24-36-48(73)63-41(27-35-18-12-9-13-19-35)57(82)68-23-15-21-43(68)53(78)66-47(33(7)69)55(80)62-39(29-45(71)72)51(76)60-37(25-31(3)4)49(74)64-40(26-34-16-10-8-11-17-34)56(81)67-22-14-20-42(67)52(77)65-46(32(5)6)54(79)61-38(28-44(58)70)50(75)59-36/h8-13,16-19,30-33,36-43,46-47,69H,14-15,20-29H2,1-7H3,(H2,58,70)(H,59,75)(H,60,76)(H,61,79)(H,62,80)(H,63,73)(H,64,74)(H,65,77)(H,66,78)(H,71,72)/t33-,36+,37+,38+,39+,40-,41-,42+,43+,46+,47+/m1/s1. The van der Waals surface area contributed by atoms with Gasteiger partial charge in [-0.25, -0.2) is 0 Å². The number of carbonyl (C=O) groups is 12. The molecule has 82 heavy (non-hydrogen) atoms. The van der Waals surface area contributed by atoms with E-state index in [1.807, 2.05) is 0 Å². The van der Waals surface area contributed by atoms with Gasteiger partial charge >= 0.3 is 5.97 Å². The number of carbonyl (C=O) groups excluding carboxylic acids is 11. The van der Waals surface area contributed by atoms with Gasteiger partial charge in [0.05, 0.1) is 18.9 Å². The highest BCUT2D eigenvalue weighted by molar-refractivity contribution is 6.01. The smallest absolute Gasteiger partial charge is 0.305 e. The number of aliphatic carboxylic acids is 1. The van der Waals surface area contributed by atoms with Gasteiger partial charge in [-0.15, -0.1) is 0 Å². The Bertz CT molecular complexity index is 2460. The number of nitrogens with two attached hydrogens (primary N) is 1. The van der Waals surface area contributed by atoms with Crippen molar-refractivity contribution >= 4 is 70.9 Å².